The number of carbonyl (C=O) groups excluding carboxylic acids is 1. The summed E-state index contributed by atoms with van der Waals surface area (Å²) in [6.07, 6.45) is 5.44. The monoisotopic (exact) mass is 394 g/mol. The molecule has 0 unspecified atom stereocenters. The van der Waals surface area contributed by atoms with Crippen molar-refractivity contribution in [1.82, 2.24) is 15.0 Å². The number of amides is 1. The Morgan fingerprint density at radius 1 is 0.967 bits per heavy atom. The molecule has 5 aromatic rings. The first-order valence-corrected chi connectivity index (χ1v) is 9.60. The second-order valence-corrected chi connectivity index (χ2v) is 7.15. The molecule has 3 heterocycles. The van der Waals surface area contributed by atoms with Gasteiger partial charge in [-0.05, 0) is 41.3 Å². The average Bonchev–Trinajstić information content (AvgIpc) is 3.18. The molecule has 0 fully saturated rings. The molecule has 6 nitrogen and oxygen atoms in total. The Kier molecular flexibility index (Phi) is 4.37. The number of nitrogens with one attached hydrogen (secondary N) is 3. The van der Waals surface area contributed by atoms with Crippen molar-refractivity contribution in [1.29, 1.82) is 0 Å². The predicted octanol–water partition coefficient (Wildman–Crippen LogP) is 4.25. The minimum absolute atomic E-state index is 0.139. The number of hydrogen-bond donors (Lipinski definition) is 3. The normalized spacial score (nSPS) is 11.1. The summed E-state index contributed by atoms with van der Waals surface area (Å²) in [7, 11) is 0. The second-order valence-electron chi connectivity index (χ2n) is 7.15. The number of hydrogen-bond acceptors (Lipinski definition) is 3. The lowest BCUT2D eigenvalue weighted by atomic mass is 10.0. The van der Waals surface area contributed by atoms with Crippen molar-refractivity contribution in [2.45, 2.75) is 6.42 Å². The van der Waals surface area contributed by atoms with Crippen molar-refractivity contribution in [3.8, 4) is 11.1 Å². The van der Waals surface area contributed by atoms with Gasteiger partial charge < -0.3 is 15.3 Å². The Bertz CT molecular complexity index is 1430. The molecule has 0 aliphatic rings. The van der Waals surface area contributed by atoms with E-state index in [0.717, 1.165) is 27.4 Å². The SMILES string of the molecule is O=C(Cc1cccnc1)Nc1ccc2cc(-c3c[nH]c4ccccc34)c(=O)[nH]c2c1. The van der Waals surface area contributed by atoms with E-state index in [2.05, 4.69) is 20.3 Å². The number of benzene rings is 2. The highest BCUT2D eigenvalue weighted by molar-refractivity contribution is 5.98. The Balaban J connectivity index is 1.45. The number of pyridine rings is 2. The fraction of sp³-hybridized carbons (Fsp3) is 0.0417. The van der Waals surface area contributed by atoms with Gasteiger partial charge in [0.15, 0.2) is 0 Å². The quantitative estimate of drug-likeness (QED) is 0.426. The molecule has 0 saturated heterocycles. The van der Waals surface area contributed by atoms with Gasteiger partial charge in [-0.15, -0.1) is 0 Å². The third-order valence-electron chi connectivity index (χ3n) is 5.10. The fourth-order valence-electron chi connectivity index (χ4n) is 3.67. The lowest BCUT2D eigenvalue weighted by Gasteiger charge is -2.08. The van der Waals surface area contributed by atoms with Crippen LogP contribution in [0.1, 0.15) is 5.56 Å². The van der Waals surface area contributed by atoms with Crippen molar-refractivity contribution in [3.05, 3.63) is 95.2 Å². The molecule has 0 atom stereocenters. The van der Waals surface area contributed by atoms with E-state index in [4.69, 9.17) is 0 Å². The molecule has 2 aromatic carbocycles. The van der Waals surface area contributed by atoms with Crippen LogP contribution in [0.2, 0.25) is 0 Å². The Morgan fingerprint density at radius 3 is 2.73 bits per heavy atom. The topological polar surface area (TPSA) is 90.6 Å². The summed E-state index contributed by atoms with van der Waals surface area (Å²) in [5.74, 6) is -0.139. The van der Waals surface area contributed by atoms with Gasteiger partial charge in [-0.2, -0.15) is 0 Å². The van der Waals surface area contributed by atoms with E-state index in [1.165, 1.54) is 0 Å². The van der Waals surface area contributed by atoms with Crippen LogP contribution in [0, 0.1) is 0 Å². The number of carbonyl (C=O) groups is 1. The zero-order valence-corrected chi connectivity index (χ0v) is 16.0. The highest BCUT2D eigenvalue weighted by Gasteiger charge is 2.11. The fourth-order valence-corrected chi connectivity index (χ4v) is 3.67. The van der Waals surface area contributed by atoms with Gasteiger partial charge in [-0.25, -0.2) is 0 Å². The Labute approximate surface area is 171 Å². The number of H-pyrrole nitrogens is 2. The van der Waals surface area contributed by atoms with E-state index in [9.17, 15) is 9.59 Å². The Morgan fingerprint density at radius 2 is 1.87 bits per heavy atom. The third kappa shape index (κ3) is 3.35. The van der Waals surface area contributed by atoms with Gasteiger partial charge in [-0.1, -0.05) is 30.3 Å². The van der Waals surface area contributed by atoms with E-state index in [-0.39, 0.29) is 17.9 Å². The molecular weight excluding hydrogens is 376 g/mol. The molecule has 0 aliphatic heterocycles. The highest BCUT2D eigenvalue weighted by atomic mass is 16.1. The van der Waals surface area contributed by atoms with E-state index in [1.807, 2.05) is 54.7 Å². The van der Waals surface area contributed by atoms with Crippen LogP contribution in [0.5, 0.6) is 0 Å². The van der Waals surface area contributed by atoms with Crippen molar-refractivity contribution in [2.75, 3.05) is 5.32 Å². The number of nitrogens with zero attached hydrogens (tertiary/aromatic N) is 1. The Hall–Kier alpha value is -4.19. The summed E-state index contributed by atoms with van der Waals surface area (Å²) >= 11 is 0. The minimum Gasteiger partial charge on any atom is -0.361 e. The molecular formula is C24H18N4O2. The predicted molar refractivity (Wildman–Crippen MR) is 118 cm³/mol. The van der Waals surface area contributed by atoms with Crippen molar-refractivity contribution in [3.63, 3.8) is 0 Å². The minimum atomic E-state index is -0.175. The molecule has 1 amide bonds. The van der Waals surface area contributed by atoms with Gasteiger partial charge in [0, 0.05) is 46.3 Å². The summed E-state index contributed by atoms with van der Waals surface area (Å²) in [4.78, 5) is 35.3. The number of aromatic nitrogens is 3. The van der Waals surface area contributed by atoms with E-state index >= 15 is 0 Å². The molecule has 0 bridgehead atoms. The van der Waals surface area contributed by atoms with E-state index in [0.29, 0.717) is 16.8 Å². The molecule has 0 aliphatic carbocycles. The van der Waals surface area contributed by atoms with E-state index < -0.39 is 0 Å². The van der Waals surface area contributed by atoms with Crippen LogP contribution in [-0.2, 0) is 11.2 Å². The maximum absolute atomic E-state index is 12.8. The molecule has 30 heavy (non-hydrogen) atoms. The van der Waals surface area contributed by atoms with Crippen molar-refractivity contribution in [2.24, 2.45) is 0 Å². The van der Waals surface area contributed by atoms with Crippen LogP contribution in [0.4, 0.5) is 5.69 Å². The first-order valence-electron chi connectivity index (χ1n) is 9.60. The summed E-state index contributed by atoms with van der Waals surface area (Å²) in [5.41, 5.74) is 4.42. The standard InChI is InChI=1S/C24H18N4O2/c29-23(10-15-4-3-9-25-13-15)27-17-8-7-16-11-19(24(30)28-22(16)12-17)20-14-26-21-6-2-1-5-18(20)21/h1-9,11-14,26H,10H2,(H,27,29)(H,28,30). The summed E-state index contributed by atoms with van der Waals surface area (Å²) < 4.78 is 0. The number of anilines is 1. The van der Waals surface area contributed by atoms with Gasteiger partial charge in [-0.3, -0.25) is 14.6 Å². The van der Waals surface area contributed by atoms with Crippen molar-refractivity contribution < 1.29 is 4.79 Å². The molecule has 3 N–H and O–H groups in total. The van der Waals surface area contributed by atoms with Gasteiger partial charge in [0.05, 0.1) is 11.9 Å². The average molecular weight is 394 g/mol. The smallest absolute Gasteiger partial charge is 0.256 e. The zero-order valence-electron chi connectivity index (χ0n) is 16.0. The molecule has 5 rings (SSSR count). The number of fused-ring (bicyclic) bond motifs is 2. The summed E-state index contributed by atoms with van der Waals surface area (Å²) in [5, 5.41) is 4.77. The maximum atomic E-state index is 12.8. The van der Waals surface area contributed by atoms with Crippen LogP contribution < -0.4 is 10.9 Å². The van der Waals surface area contributed by atoms with Gasteiger partial charge in [0.25, 0.3) is 5.56 Å². The molecule has 0 saturated carbocycles. The van der Waals surface area contributed by atoms with Gasteiger partial charge >= 0.3 is 0 Å². The highest BCUT2D eigenvalue weighted by Crippen LogP contribution is 2.28. The summed E-state index contributed by atoms with van der Waals surface area (Å²) in [6.45, 7) is 0. The van der Waals surface area contributed by atoms with Crippen LogP contribution in [-0.4, -0.2) is 20.9 Å². The lowest BCUT2D eigenvalue weighted by molar-refractivity contribution is -0.115. The van der Waals surface area contributed by atoms with Gasteiger partial charge in [0.1, 0.15) is 0 Å². The molecule has 0 spiro atoms. The maximum Gasteiger partial charge on any atom is 0.256 e. The van der Waals surface area contributed by atoms with Gasteiger partial charge in [0.2, 0.25) is 5.91 Å². The molecule has 0 radical (unpaired) electrons. The van der Waals surface area contributed by atoms with Crippen LogP contribution in [0.3, 0.4) is 0 Å². The third-order valence-corrected chi connectivity index (χ3v) is 5.10. The largest absolute Gasteiger partial charge is 0.361 e. The van der Waals surface area contributed by atoms with Crippen LogP contribution in [0.15, 0.2) is 84.0 Å². The summed E-state index contributed by atoms with van der Waals surface area (Å²) in [6, 6.07) is 18.9. The number of rotatable bonds is 4. The number of aromatic amines is 2. The van der Waals surface area contributed by atoms with Crippen LogP contribution in [0.25, 0.3) is 32.9 Å². The van der Waals surface area contributed by atoms with Crippen molar-refractivity contribution >= 4 is 33.4 Å². The second kappa shape index (κ2) is 7.33. The van der Waals surface area contributed by atoms with Crippen LogP contribution >= 0.6 is 0 Å². The molecule has 6 heteroatoms. The lowest BCUT2D eigenvalue weighted by Crippen LogP contribution is -2.14. The number of para-hydroxylation sites is 1. The first kappa shape index (κ1) is 17.9. The molecule has 3 aromatic heterocycles. The first-order chi connectivity index (χ1) is 14.7. The molecule has 146 valence electrons. The van der Waals surface area contributed by atoms with E-state index in [1.54, 1.807) is 24.5 Å². The zero-order chi connectivity index (χ0) is 20.5.